The first-order chi connectivity index (χ1) is 55.3. The number of alkyl carbamates (subject to hydrolysis) is 1. The normalized spacial score (nSPS) is 26.0. The van der Waals surface area contributed by atoms with Crippen molar-refractivity contribution in [3.8, 4) is 0 Å². The topological polar surface area (TPSA) is 489 Å². The highest BCUT2D eigenvalue weighted by molar-refractivity contribution is 5.85. The predicted molar refractivity (Wildman–Crippen MR) is 417 cm³/mol. The number of hydrogen-bond donors (Lipinski definition) is 13. The minimum atomic E-state index is -1.28. The van der Waals surface area contributed by atoms with Crippen molar-refractivity contribution in [1.82, 2.24) is 26.2 Å². The van der Waals surface area contributed by atoms with Crippen LogP contribution in [0.2, 0.25) is 0 Å². The first-order valence-corrected chi connectivity index (χ1v) is 42.4. The first kappa shape index (κ1) is 102. The number of methoxy groups -OCH3 is 2. The molecule has 4 saturated heterocycles. The van der Waals surface area contributed by atoms with E-state index in [1.165, 1.54) is 0 Å². The van der Waals surface area contributed by atoms with E-state index in [1.54, 1.807) is 39.9 Å². The third kappa shape index (κ3) is 40.6. The number of likely N-dealkylation sites (tertiary alicyclic amines) is 1. The molecule has 34 nitrogen and oxygen atoms in total. The third-order valence-electron chi connectivity index (χ3n) is 22.0. The van der Waals surface area contributed by atoms with E-state index in [-0.39, 0.29) is 126 Å². The number of nitrogens with one attached hydrogen (secondary N) is 4. The van der Waals surface area contributed by atoms with Crippen molar-refractivity contribution in [2.45, 2.75) is 337 Å². The van der Waals surface area contributed by atoms with Gasteiger partial charge in [0.1, 0.15) is 54.8 Å². The molecule has 4 rings (SSSR count). The van der Waals surface area contributed by atoms with Crippen molar-refractivity contribution in [1.29, 1.82) is 0 Å². The third-order valence-corrected chi connectivity index (χ3v) is 22.0. The van der Waals surface area contributed by atoms with Gasteiger partial charge in [-0.25, -0.2) is 4.79 Å². The molecule has 34 heteroatoms. The van der Waals surface area contributed by atoms with Crippen molar-refractivity contribution in [3.05, 3.63) is 0 Å². The highest BCUT2D eigenvalue weighted by atomic mass is 16.7. The van der Waals surface area contributed by atoms with Gasteiger partial charge in [-0.05, 0) is 109 Å². The highest BCUT2D eigenvalue weighted by Crippen LogP contribution is 2.32. The van der Waals surface area contributed by atoms with E-state index in [0.29, 0.717) is 148 Å². The van der Waals surface area contributed by atoms with Gasteiger partial charge < -0.3 is 124 Å². The fraction of sp³-hybridized carbons (Fsp3) is 0.889. The first-order valence-electron chi connectivity index (χ1n) is 42.4. The summed E-state index contributed by atoms with van der Waals surface area (Å²) in [6, 6.07) is -0.0923. The van der Waals surface area contributed by atoms with Crippen LogP contribution in [0.15, 0.2) is 0 Å². The highest BCUT2D eigenvalue weighted by Gasteiger charge is 2.45. The molecule has 0 aromatic rings. The van der Waals surface area contributed by atoms with Crippen molar-refractivity contribution >= 4 is 53.2 Å². The lowest BCUT2D eigenvalue weighted by atomic mass is 9.83. The number of amides is 5. The van der Waals surface area contributed by atoms with Crippen LogP contribution >= 0.6 is 0 Å². The quantitative estimate of drug-likeness (QED) is 0.0234. The summed E-state index contributed by atoms with van der Waals surface area (Å²) in [5, 5.41) is 101. The molecule has 0 radical (unpaired) electrons. The van der Waals surface area contributed by atoms with Crippen LogP contribution in [0.3, 0.4) is 0 Å². The van der Waals surface area contributed by atoms with Crippen molar-refractivity contribution in [2.24, 2.45) is 17.8 Å². The van der Waals surface area contributed by atoms with Crippen molar-refractivity contribution in [3.63, 3.8) is 0 Å². The number of carbonyl (C=O) groups excluding carboxylic acids is 9. The maximum absolute atomic E-state index is 14.1. The number of hydrogen-bond acceptors (Lipinski definition) is 29. The maximum Gasteiger partial charge on any atom is 0.407 e. The zero-order chi connectivity index (χ0) is 84.3. The second-order valence-electron chi connectivity index (χ2n) is 31.4. The second kappa shape index (κ2) is 59.4. The Morgan fingerprint density at radius 3 is 1.29 bits per heavy atom. The molecule has 0 aromatic carbocycles. The summed E-state index contributed by atoms with van der Waals surface area (Å²) in [4.78, 5) is 119. The second-order valence-corrected chi connectivity index (χ2v) is 31.4. The van der Waals surface area contributed by atoms with Crippen LogP contribution in [0, 0.1) is 17.8 Å². The minimum absolute atomic E-state index is 0.0145. The predicted octanol–water partition coefficient (Wildman–Crippen LogP) is 3.83. The molecule has 0 saturated carbocycles. The van der Waals surface area contributed by atoms with E-state index in [1.807, 2.05) is 0 Å². The van der Waals surface area contributed by atoms with Crippen LogP contribution in [-0.4, -0.2) is 302 Å². The average molecular weight is 1650 g/mol. The molecule has 0 aromatic heterocycles. The number of rotatable bonds is 64. The zero-order valence-corrected chi connectivity index (χ0v) is 69.1. The van der Waals surface area contributed by atoms with E-state index in [2.05, 4.69) is 21.3 Å². The Kier molecular flexibility index (Phi) is 52.8. The van der Waals surface area contributed by atoms with E-state index in [9.17, 15) is 89.1 Å². The summed E-state index contributed by atoms with van der Waals surface area (Å²) in [6.07, 6.45) is 3.50. The largest absolute Gasteiger partial charge is 0.466 e. The Bertz CT molecular complexity index is 2650. The lowest BCUT2D eigenvalue weighted by Crippen LogP contribution is -2.55. The Labute approximate surface area is 679 Å². The van der Waals surface area contributed by atoms with Crippen LogP contribution < -0.4 is 21.3 Å². The van der Waals surface area contributed by atoms with Crippen molar-refractivity contribution in [2.75, 3.05) is 106 Å². The number of ketones is 2. The van der Waals surface area contributed by atoms with E-state index in [4.69, 9.17) is 52.1 Å². The van der Waals surface area contributed by atoms with Crippen LogP contribution in [0.1, 0.15) is 245 Å². The number of Topliss-reactive ketones (excluding diaryl/α,β-unsaturated/α-hetero) is 2. The van der Waals surface area contributed by atoms with Gasteiger partial charge in [0.2, 0.25) is 23.6 Å². The Hall–Kier alpha value is -5.25. The smallest absolute Gasteiger partial charge is 0.407 e. The average Bonchev–Trinajstić information content (AvgIpc) is 1.45. The van der Waals surface area contributed by atoms with Gasteiger partial charge in [0.15, 0.2) is 18.9 Å². The van der Waals surface area contributed by atoms with Gasteiger partial charge in [-0.2, -0.15) is 0 Å². The van der Waals surface area contributed by atoms with Gasteiger partial charge in [0.25, 0.3) is 0 Å². The summed E-state index contributed by atoms with van der Waals surface area (Å²) >= 11 is 0. The number of nitrogens with zero attached hydrogens (tertiary/aromatic N) is 1. The Morgan fingerprint density at radius 2 is 0.809 bits per heavy atom. The van der Waals surface area contributed by atoms with E-state index in [0.717, 1.165) is 64.2 Å². The van der Waals surface area contributed by atoms with Gasteiger partial charge in [-0.15, -0.1) is 0 Å². The summed E-state index contributed by atoms with van der Waals surface area (Å²) < 4.78 is 61.6. The van der Waals surface area contributed by atoms with Crippen molar-refractivity contribution < 1.29 is 141 Å². The zero-order valence-electron chi connectivity index (χ0n) is 69.1. The lowest BCUT2D eigenvalue weighted by molar-refractivity contribution is -0.282. The number of carbonyl (C=O) groups is 9. The molecular weight excluding hydrogens is 1510 g/mol. The van der Waals surface area contributed by atoms with Gasteiger partial charge in [0.05, 0.1) is 89.9 Å². The summed E-state index contributed by atoms with van der Waals surface area (Å²) in [5.74, 6) is -3.48. The molecule has 4 heterocycles. The number of aliphatic hydroxyl groups excluding tert-OH is 9. The molecule has 4 aliphatic rings. The molecule has 13 N–H and O–H groups in total. The number of esters is 2. The molecule has 4 aliphatic heterocycles. The van der Waals surface area contributed by atoms with E-state index < -0.39 is 141 Å². The molecule has 666 valence electrons. The molecule has 0 bridgehead atoms. The van der Waals surface area contributed by atoms with Crippen LogP contribution in [0.4, 0.5) is 4.79 Å². The number of ether oxygens (including phenoxy) is 11. The maximum atomic E-state index is 14.1. The van der Waals surface area contributed by atoms with Crippen LogP contribution in [0.25, 0.3) is 0 Å². The summed E-state index contributed by atoms with van der Waals surface area (Å²) in [7, 11) is 3.20. The molecule has 115 heavy (non-hydrogen) atoms. The SMILES string of the molecule is COC[C@H]1C[C@H](OC)CN1C(=O)CCCCC(=O)CCC(=O)NC(CCCOC(=O)CCCCCCCNC(=O)CCCOC1OC(CO)C(O)C(O)C1C)(CCCOC(=O)CCCCCCCNC(=O)COC1OC(CO)C(O)C(O)C1C)CCCOC(=O)NCCCCCCCC(=O)CCCOC1OC(CO)C(O)C(O)C1C. The molecule has 4 fully saturated rings. The van der Waals surface area contributed by atoms with Gasteiger partial charge >= 0.3 is 18.0 Å². The fourth-order valence-corrected chi connectivity index (χ4v) is 14.7. The number of unbranched alkanes of at least 4 members (excludes halogenated alkanes) is 13. The Balaban J connectivity index is 1.27. The molecule has 16 unspecified atom stereocenters. The standard InChI is InChI=1S/C81H143N5O29/c1-55-71(98)74(101)62(50-87)113-77(55)109-43-23-30-59(90)28-15-9-6-14-22-42-84-80(104)111-47-27-39-81(85-66(93)36-35-60(91)29-18-19-32-68(95)86-49-61(106-5)48-58(86)53-105-4,38-26-46-108-70(97)34-17-11-8-13-21-41-83-67(94)54-112-79-57(3)73(100)76(103)64(52-89)115-79)37-25-45-107-69(96)33-16-10-7-12-20-40-82-65(92)31-24-44-110-78-56(2)72(99)75(102)63(51-88)114-78/h55-58,61-64,71-79,87-89,98-103H,6-54H2,1-5H3,(H,82,92)(H,83,94)(H,84,104)(H,85,93)/t55?,56?,57?,58-,61+,62?,63?,64?,71?,72?,73?,74?,75?,76?,77?,78?,79?,81?/m1/s1. The molecule has 5 amide bonds. The van der Waals surface area contributed by atoms with Gasteiger partial charge in [0, 0.05) is 121 Å². The fourth-order valence-electron chi connectivity index (χ4n) is 14.7. The van der Waals surface area contributed by atoms with Crippen LogP contribution in [0.5, 0.6) is 0 Å². The molecule has 18 atom stereocenters. The summed E-state index contributed by atoms with van der Waals surface area (Å²) in [6.45, 7) is 5.68. The van der Waals surface area contributed by atoms with Gasteiger partial charge in [-0.1, -0.05) is 78.6 Å². The van der Waals surface area contributed by atoms with E-state index >= 15 is 0 Å². The van der Waals surface area contributed by atoms with Gasteiger partial charge in [-0.3, -0.25) is 38.4 Å². The Morgan fingerprint density at radius 1 is 0.409 bits per heavy atom. The number of aliphatic hydroxyl groups is 9. The molecule has 0 spiro atoms. The van der Waals surface area contributed by atoms with Crippen LogP contribution in [-0.2, 0) is 90.5 Å². The monoisotopic (exact) mass is 1650 g/mol. The minimum Gasteiger partial charge on any atom is -0.466 e. The molecular formula is C81H143N5O29. The summed E-state index contributed by atoms with van der Waals surface area (Å²) in [5.41, 5.74) is -0.992. The molecule has 0 aliphatic carbocycles. The lowest BCUT2D eigenvalue weighted by Gasteiger charge is -2.40.